The Morgan fingerprint density at radius 2 is 1.80 bits per heavy atom. The van der Waals surface area contributed by atoms with Crippen LogP contribution in [0.25, 0.3) is 0 Å². The van der Waals surface area contributed by atoms with Crippen molar-refractivity contribution in [1.29, 1.82) is 0 Å². The van der Waals surface area contributed by atoms with Gasteiger partial charge in [0, 0.05) is 0 Å². The fraction of sp³-hybridized carbons (Fsp3) is 0.562. The highest BCUT2D eigenvalue weighted by atomic mass is 19.1. The Labute approximate surface area is 119 Å². The molecule has 0 aromatic heterocycles. The van der Waals surface area contributed by atoms with E-state index in [-0.39, 0.29) is 5.82 Å². The monoisotopic (exact) mass is 279 g/mol. The van der Waals surface area contributed by atoms with Crippen LogP contribution in [0.3, 0.4) is 0 Å². The zero-order valence-corrected chi connectivity index (χ0v) is 12.1. The maximum absolute atomic E-state index is 13.0. The van der Waals surface area contributed by atoms with Gasteiger partial charge in [0.1, 0.15) is 11.9 Å². The summed E-state index contributed by atoms with van der Waals surface area (Å²) in [6.07, 6.45) is 2.06. The van der Waals surface area contributed by atoms with Crippen molar-refractivity contribution in [3.05, 3.63) is 35.6 Å². The van der Waals surface area contributed by atoms with E-state index in [9.17, 15) is 14.3 Å². The number of aliphatic carboxylic acids is 1. The second kappa shape index (κ2) is 6.35. The lowest BCUT2D eigenvalue weighted by atomic mass is 9.86. The van der Waals surface area contributed by atoms with Crippen LogP contribution in [0.1, 0.15) is 38.3 Å². The minimum atomic E-state index is -0.861. The molecule has 3 nitrogen and oxygen atoms in total. The minimum absolute atomic E-state index is 0.337. The highest BCUT2D eigenvalue weighted by molar-refractivity contribution is 5.75. The normalized spacial score (nSPS) is 19.2. The smallest absolute Gasteiger partial charge is 0.325 e. The van der Waals surface area contributed by atoms with Crippen molar-refractivity contribution in [1.82, 2.24) is 4.90 Å². The van der Waals surface area contributed by atoms with Gasteiger partial charge < -0.3 is 5.11 Å². The van der Waals surface area contributed by atoms with Crippen molar-refractivity contribution in [3.8, 4) is 0 Å². The van der Waals surface area contributed by atoms with Crippen LogP contribution in [0, 0.1) is 17.7 Å². The molecule has 1 fully saturated rings. The average Bonchev–Trinajstić information content (AvgIpc) is 2.41. The SMILES string of the molecule is CC(C)C1CCN(C(C(=O)O)c2ccc(F)cc2)CC1. The molecule has 1 heterocycles. The Morgan fingerprint density at radius 3 is 2.25 bits per heavy atom. The second-order valence-electron chi connectivity index (χ2n) is 5.91. The molecule has 1 saturated heterocycles. The van der Waals surface area contributed by atoms with E-state index < -0.39 is 12.0 Å². The first kappa shape index (κ1) is 15.0. The van der Waals surface area contributed by atoms with Crippen LogP contribution in [0.15, 0.2) is 24.3 Å². The zero-order chi connectivity index (χ0) is 14.7. The van der Waals surface area contributed by atoms with Gasteiger partial charge in [-0.2, -0.15) is 0 Å². The number of hydrogen-bond donors (Lipinski definition) is 1. The van der Waals surface area contributed by atoms with Gasteiger partial charge in [-0.25, -0.2) is 4.39 Å². The van der Waals surface area contributed by atoms with Gasteiger partial charge in [0.05, 0.1) is 0 Å². The highest BCUT2D eigenvalue weighted by Gasteiger charge is 2.31. The van der Waals surface area contributed by atoms with Crippen molar-refractivity contribution in [2.75, 3.05) is 13.1 Å². The van der Waals surface area contributed by atoms with E-state index in [1.54, 1.807) is 12.1 Å². The molecule has 110 valence electrons. The number of piperidine rings is 1. The van der Waals surface area contributed by atoms with Crippen LogP contribution < -0.4 is 0 Å². The van der Waals surface area contributed by atoms with E-state index in [0.29, 0.717) is 17.4 Å². The third-order valence-electron chi connectivity index (χ3n) is 4.30. The Bertz CT molecular complexity index is 450. The lowest BCUT2D eigenvalue weighted by molar-refractivity contribution is -0.144. The number of nitrogens with zero attached hydrogens (tertiary/aromatic N) is 1. The summed E-state index contributed by atoms with van der Waals surface area (Å²) in [6.45, 7) is 6.01. The molecule has 1 aromatic rings. The van der Waals surface area contributed by atoms with Gasteiger partial charge in [-0.15, -0.1) is 0 Å². The van der Waals surface area contributed by atoms with Gasteiger partial charge in [0.2, 0.25) is 0 Å². The molecule has 0 amide bonds. The van der Waals surface area contributed by atoms with E-state index in [4.69, 9.17) is 0 Å². The molecular formula is C16H22FNO2. The molecular weight excluding hydrogens is 257 g/mol. The van der Waals surface area contributed by atoms with Crippen LogP contribution in [0.4, 0.5) is 4.39 Å². The minimum Gasteiger partial charge on any atom is -0.480 e. The molecule has 1 unspecified atom stereocenters. The van der Waals surface area contributed by atoms with Gasteiger partial charge in [-0.1, -0.05) is 26.0 Å². The summed E-state index contributed by atoms with van der Waals surface area (Å²) in [7, 11) is 0. The predicted molar refractivity (Wildman–Crippen MR) is 75.9 cm³/mol. The molecule has 4 heteroatoms. The number of benzene rings is 1. The maximum Gasteiger partial charge on any atom is 0.325 e. The number of carbonyl (C=O) groups is 1. The zero-order valence-electron chi connectivity index (χ0n) is 12.1. The first-order valence-corrected chi connectivity index (χ1v) is 7.21. The first-order chi connectivity index (χ1) is 9.49. The average molecular weight is 279 g/mol. The van der Waals surface area contributed by atoms with Gasteiger partial charge >= 0.3 is 5.97 Å². The molecule has 2 rings (SSSR count). The lowest BCUT2D eigenvalue weighted by Crippen LogP contribution is -2.41. The lowest BCUT2D eigenvalue weighted by Gasteiger charge is -2.37. The first-order valence-electron chi connectivity index (χ1n) is 7.21. The Balaban J connectivity index is 2.11. The summed E-state index contributed by atoms with van der Waals surface area (Å²) in [4.78, 5) is 13.6. The summed E-state index contributed by atoms with van der Waals surface area (Å²) in [5.41, 5.74) is 0.655. The summed E-state index contributed by atoms with van der Waals surface area (Å²) in [5.74, 6) is 0.121. The third kappa shape index (κ3) is 3.37. The van der Waals surface area contributed by atoms with Crippen LogP contribution in [0.2, 0.25) is 0 Å². The number of halogens is 1. The van der Waals surface area contributed by atoms with Crippen molar-refractivity contribution in [2.24, 2.45) is 11.8 Å². The largest absolute Gasteiger partial charge is 0.480 e. The van der Waals surface area contributed by atoms with E-state index in [1.165, 1.54) is 12.1 Å². The van der Waals surface area contributed by atoms with Crippen LogP contribution in [0.5, 0.6) is 0 Å². The third-order valence-corrected chi connectivity index (χ3v) is 4.30. The number of carboxylic acids is 1. The summed E-state index contributed by atoms with van der Waals surface area (Å²) < 4.78 is 13.0. The molecule has 1 aliphatic heterocycles. The van der Waals surface area contributed by atoms with E-state index in [2.05, 4.69) is 13.8 Å². The van der Waals surface area contributed by atoms with Crippen molar-refractivity contribution >= 4 is 5.97 Å². The number of hydrogen-bond acceptors (Lipinski definition) is 2. The molecule has 1 N–H and O–H groups in total. The second-order valence-corrected chi connectivity index (χ2v) is 5.91. The Hall–Kier alpha value is -1.42. The maximum atomic E-state index is 13.0. The van der Waals surface area contributed by atoms with E-state index in [0.717, 1.165) is 25.9 Å². The number of likely N-dealkylation sites (tertiary alicyclic amines) is 1. The Kier molecular flexibility index (Phi) is 4.76. The molecule has 1 aliphatic rings. The van der Waals surface area contributed by atoms with Gasteiger partial charge in [0.25, 0.3) is 0 Å². The van der Waals surface area contributed by atoms with Crippen LogP contribution in [-0.2, 0) is 4.79 Å². The standard InChI is InChI=1S/C16H22FNO2/c1-11(2)12-7-9-18(10-8-12)15(16(19)20)13-3-5-14(17)6-4-13/h3-6,11-12,15H,7-10H2,1-2H3,(H,19,20). The number of carboxylic acid groups (broad SMARTS) is 1. The Morgan fingerprint density at radius 1 is 1.25 bits per heavy atom. The number of rotatable bonds is 4. The summed E-state index contributed by atoms with van der Waals surface area (Å²) in [5, 5.41) is 9.49. The predicted octanol–water partition coefficient (Wildman–Crippen LogP) is 3.32. The molecule has 0 spiro atoms. The fourth-order valence-corrected chi connectivity index (χ4v) is 3.00. The molecule has 0 aliphatic carbocycles. The van der Waals surface area contributed by atoms with Gasteiger partial charge in [-0.05, 0) is 55.5 Å². The van der Waals surface area contributed by atoms with Crippen LogP contribution >= 0.6 is 0 Å². The van der Waals surface area contributed by atoms with Gasteiger partial charge in [0.15, 0.2) is 0 Å². The molecule has 1 atom stereocenters. The fourth-order valence-electron chi connectivity index (χ4n) is 3.00. The topological polar surface area (TPSA) is 40.5 Å². The van der Waals surface area contributed by atoms with E-state index in [1.807, 2.05) is 4.90 Å². The molecule has 0 radical (unpaired) electrons. The van der Waals surface area contributed by atoms with Crippen molar-refractivity contribution in [2.45, 2.75) is 32.7 Å². The van der Waals surface area contributed by atoms with Crippen LogP contribution in [-0.4, -0.2) is 29.1 Å². The molecule has 0 bridgehead atoms. The van der Waals surface area contributed by atoms with Crippen molar-refractivity contribution in [3.63, 3.8) is 0 Å². The van der Waals surface area contributed by atoms with E-state index >= 15 is 0 Å². The molecule has 20 heavy (non-hydrogen) atoms. The highest BCUT2D eigenvalue weighted by Crippen LogP contribution is 2.30. The molecule has 1 aromatic carbocycles. The quantitative estimate of drug-likeness (QED) is 0.919. The van der Waals surface area contributed by atoms with Crippen molar-refractivity contribution < 1.29 is 14.3 Å². The van der Waals surface area contributed by atoms with Gasteiger partial charge in [-0.3, -0.25) is 9.69 Å². The molecule has 0 saturated carbocycles. The summed E-state index contributed by atoms with van der Waals surface area (Å²) >= 11 is 0. The summed E-state index contributed by atoms with van der Waals surface area (Å²) in [6, 6.07) is 5.13.